The quantitative estimate of drug-likeness (QED) is 0.133. The minimum Gasteiger partial charge on any atom is -0.392 e. The molecule has 0 bridgehead atoms. The van der Waals surface area contributed by atoms with Gasteiger partial charge in [-0.15, -0.1) is 0 Å². The van der Waals surface area contributed by atoms with Crippen LogP contribution in [0.15, 0.2) is 151 Å². The van der Waals surface area contributed by atoms with Gasteiger partial charge in [0, 0.05) is 54.9 Å². The van der Waals surface area contributed by atoms with Crippen molar-refractivity contribution in [2.75, 3.05) is 31.2 Å². The maximum atomic E-state index is 13.5. The Morgan fingerprint density at radius 2 is 1.44 bits per heavy atom. The molecular formula is C47H47N5O6S. The molecule has 11 nitrogen and oxygen atoms in total. The first-order valence-corrected chi connectivity index (χ1v) is 21.6. The average Bonchev–Trinajstić information content (AvgIpc) is 3.60. The van der Waals surface area contributed by atoms with Crippen molar-refractivity contribution < 1.29 is 27.8 Å². The molecular weight excluding hydrogens is 763 g/mol. The maximum Gasteiger partial charge on any atom is 0.247 e. The van der Waals surface area contributed by atoms with Crippen molar-refractivity contribution in [3.63, 3.8) is 0 Å². The molecule has 0 saturated carbocycles. The molecule has 3 saturated heterocycles. The van der Waals surface area contributed by atoms with E-state index in [-0.39, 0.29) is 42.1 Å². The molecule has 5 aromatic carbocycles. The number of likely N-dealkylation sites (tertiary alicyclic amines) is 1. The second-order valence-electron chi connectivity index (χ2n) is 15.6. The molecule has 3 N–H and O–H groups in total. The van der Waals surface area contributed by atoms with Crippen LogP contribution in [-0.4, -0.2) is 67.3 Å². The van der Waals surface area contributed by atoms with Crippen LogP contribution in [0.5, 0.6) is 0 Å². The van der Waals surface area contributed by atoms with Gasteiger partial charge in [0.2, 0.25) is 15.9 Å². The van der Waals surface area contributed by atoms with E-state index in [1.165, 1.54) is 0 Å². The Labute approximate surface area is 344 Å². The van der Waals surface area contributed by atoms with Crippen LogP contribution in [0.25, 0.3) is 10.9 Å². The average molecular weight is 810 g/mol. The van der Waals surface area contributed by atoms with Crippen molar-refractivity contribution in [2.24, 2.45) is 0 Å². The van der Waals surface area contributed by atoms with Gasteiger partial charge < -0.3 is 29.7 Å². The smallest absolute Gasteiger partial charge is 0.247 e. The number of piperidine rings is 1. The fourth-order valence-corrected chi connectivity index (χ4v) is 10.1. The van der Waals surface area contributed by atoms with Crippen molar-refractivity contribution in [1.29, 1.82) is 0 Å². The van der Waals surface area contributed by atoms with Crippen LogP contribution in [0.2, 0.25) is 0 Å². The molecule has 1 spiro atoms. The summed E-state index contributed by atoms with van der Waals surface area (Å²) in [5.41, 5.74) is 5.33. The highest BCUT2D eigenvalue weighted by Gasteiger charge is 2.51. The number of rotatable bonds is 11. The summed E-state index contributed by atoms with van der Waals surface area (Å²) in [4.78, 5) is 22.6. The topological polar surface area (TPSA) is 133 Å². The Kier molecular flexibility index (Phi) is 11.0. The number of hydrogen-bond acceptors (Lipinski definition) is 9. The normalized spacial score (nSPS) is 22.1. The van der Waals surface area contributed by atoms with E-state index in [1.54, 1.807) is 24.4 Å². The number of carbonyl (C=O) groups excluding carboxylic acids is 1. The Hall–Kier alpha value is -5.47. The fourth-order valence-electron chi connectivity index (χ4n) is 8.90. The van der Waals surface area contributed by atoms with Gasteiger partial charge in [0.25, 0.3) is 0 Å². The van der Waals surface area contributed by atoms with E-state index in [9.17, 15) is 18.3 Å². The number of pyridine rings is 1. The number of para-hydroxylation sites is 2. The van der Waals surface area contributed by atoms with Crippen LogP contribution in [0.3, 0.4) is 0 Å². The Morgan fingerprint density at radius 3 is 2.17 bits per heavy atom. The number of amides is 1. The lowest BCUT2D eigenvalue weighted by atomic mass is 9.82. The number of aliphatic hydroxyl groups is 1. The first-order valence-electron chi connectivity index (χ1n) is 20.1. The monoisotopic (exact) mass is 809 g/mol. The van der Waals surface area contributed by atoms with E-state index in [4.69, 9.17) is 9.47 Å². The molecule has 3 aliphatic heterocycles. The zero-order chi connectivity index (χ0) is 40.4. The summed E-state index contributed by atoms with van der Waals surface area (Å²) in [6.07, 6.45) is 1.56. The SMILES string of the molecule is O=C1NCN(c2ccccc2)C12CCN(C[C@H]1OC(c3ccc(CNS(=O)(=O)c4cccc5cccnc45)cc3)O[C@@H](c3ccc(CO)cc3)[C@@H]1c1ccccc1)CC2. The Bertz CT molecular complexity index is 2490. The molecule has 3 fully saturated rings. The summed E-state index contributed by atoms with van der Waals surface area (Å²) in [5, 5.41) is 13.7. The van der Waals surface area contributed by atoms with Gasteiger partial charge in [-0.1, -0.05) is 115 Å². The molecule has 59 heavy (non-hydrogen) atoms. The molecule has 1 aromatic heterocycles. The number of sulfonamides is 1. The molecule has 1 unspecified atom stereocenters. The highest BCUT2D eigenvalue weighted by Crippen LogP contribution is 2.47. The number of benzene rings is 5. The second-order valence-corrected chi connectivity index (χ2v) is 17.3. The summed E-state index contributed by atoms with van der Waals surface area (Å²) in [6.45, 7) is 2.59. The third-order valence-corrected chi connectivity index (χ3v) is 13.5. The third kappa shape index (κ3) is 7.87. The second kappa shape index (κ2) is 16.6. The van der Waals surface area contributed by atoms with Crippen LogP contribution in [-0.2, 0) is 37.4 Å². The third-order valence-electron chi connectivity index (χ3n) is 12.1. The Morgan fingerprint density at radius 1 is 0.763 bits per heavy atom. The summed E-state index contributed by atoms with van der Waals surface area (Å²) in [5.74, 6) is -0.0881. The minimum atomic E-state index is -3.85. The number of nitrogens with one attached hydrogen (secondary N) is 2. The van der Waals surface area contributed by atoms with Crippen molar-refractivity contribution in [1.82, 2.24) is 19.9 Å². The predicted octanol–water partition coefficient (Wildman–Crippen LogP) is 6.57. The van der Waals surface area contributed by atoms with Crippen LogP contribution >= 0.6 is 0 Å². The van der Waals surface area contributed by atoms with Gasteiger partial charge in [-0.3, -0.25) is 9.78 Å². The van der Waals surface area contributed by atoms with Gasteiger partial charge in [0.1, 0.15) is 10.4 Å². The largest absolute Gasteiger partial charge is 0.392 e. The summed E-state index contributed by atoms with van der Waals surface area (Å²) >= 11 is 0. The highest BCUT2D eigenvalue weighted by molar-refractivity contribution is 7.89. The fraction of sp³-hybridized carbons (Fsp3) is 0.277. The molecule has 0 radical (unpaired) electrons. The van der Waals surface area contributed by atoms with Crippen LogP contribution in [0, 0.1) is 0 Å². The molecule has 3 aliphatic rings. The van der Waals surface area contributed by atoms with E-state index in [0.717, 1.165) is 52.0 Å². The first kappa shape index (κ1) is 39.0. The number of ether oxygens (including phenoxy) is 2. The van der Waals surface area contributed by atoms with Gasteiger partial charge >= 0.3 is 0 Å². The zero-order valence-corrected chi connectivity index (χ0v) is 33.4. The number of carbonyl (C=O) groups is 1. The number of aliphatic hydroxyl groups excluding tert-OH is 1. The summed E-state index contributed by atoms with van der Waals surface area (Å²) in [7, 11) is -3.85. The molecule has 1 amide bonds. The van der Waals surface area contributed by atoms with Crippen molar-refractivity contribution >= 4 is 32.5 Å². The van der Waals surface area contributed by atoms with Gasteiger partial charge in [0.05, 0.1) is 31.0 Å². The summed E-state index contributed by atoms with van der Waals surface area (Å²) < 4.78 is 43.6. The number of aromatic nitrogens is 1. The van der Waals surface area contributed by atoms with Gasteiger partial charge in [-0.2, -0.15) is 0 Å². The van der Waals surface area contributed by atoms with E-state index < -0.39 is 21.9 Å². The number of hydrogen-bond donors (Lipinski definition) is 3. The van der Waals surface area contributed by atoms with Crippen LogP contribution in [0.4, 0.5) is 5.69 Å². The molecule has 0 aliphatic carbocycles. The van der Waals surface area contributed by atoms with Crippen molar-refractivity contribution in [3.05, 3.63) is 174 Å². The number of nitrogens with zero attached hydrogens (tertiary/aromatic N) is 3. The van der Waals surface area contributed by atoms with Crippen molar-refractivity contribution in [2.45, 2.75) is 60.8 Å². The standard InChI is InChI=1S/C47H47N5O6S/c53-31-34-18-20-37(21-19-34)44-42(35-9-3-1-4-10-35)40(30-51-27-24-47(25-28-51)46(54)49-32-52(47)39-13-5-2-6-14-39)57-45(58-44)38-22-16-33(17-23-38)29-50-59(55,56)41-15-7-11-36-12-8-26-48-43(36)41/h1-23,26,40,42,44-45,50,53H,24-25,27-32H2,(H,49,54)/t40-,42-,44+,45?/m1/s1. The molecule has 6 aromatic rings. The van der Waals surface area contributed by atoms with Gasteiger partial charge in [0.15, 0.2) is 6.29 Å². The van der Waals surface area contributed by atoms with Crippen molar-refractivity contribution in [3.8, 4) is 0 Å². The van der Waals surface area contributed by atoms with E-state index >= 15 is 0 Å². The van der Waals surface area contributed by atoms with E-state index in [0.29, 0.717) is 31.6 Å². The van der Waals surface area contributed by atoms with Crippen LogP contribution < -0.4 is 14.9 Å². The molecule has 302 valence electrons. The lowest BCUT2D eigenvalue weighted by Crippen LogP contribution is -2.57. The van der Waals surface area contributed by atoms with E-state index in [1.807, 2.05) is 97.1 Å². The highest BCUT2D eigenvalue weighted by atomic mass is 32.2. The number of anilines is 1. The number of fused-ring (bicyclic) bond motifs is 1. The molecule has 9 rings (SSSR count). The van der Waals surface area contributed by atoms with Crippen LogP contribution in [0.1, 0.15) is 59.0 Å². The maximum absolute atomic E-state index is 13.5. The molecule has 12 heteroatoms. The zero-order valence-electron chi connectivity index (χ0n) is 32.6. The van der Waals surface area contributed by atoms with E-state index in [2.05, 4.69) is 49.1 Å². The molecule has 4 heterocycles. The molecule has 4 atom stereocenters. The first-order chi connectivity index (χ1) is 28.8. The minimum absolute atomic E-state index is 0.0558. The van der Waals surface area contributed by atoms with Gasteiger partial charge in [-0.25, -0.2) is 13.1 Å². The Balaban J connectivity index is 0.974. The lowest BCUT2D eigenvalue weighted by molar-refractivity contribution is -0.264. The summed E-state index contributed by atoms with van der Waals surface area (Å²) in [6, 6.07) is 44.8. The van der Waals surface area contributed by atoms with Gasteiger partial charge in [-0.05, 0) is 59.4 Å². The lowest BCUT2D eigenvalue weighted by Gasteiger charge is -2.47. The predicted molar refractivity (Wildman–Crippen MR) is 226 cm³/mol.